The molecule has 1 rings (SSSR count). The van der Waals surface area contributed by atoms with Crippen LogP contribution in [-0.4, -0.2) is 16.3 Å². The maximum absolute atomic E-state index is 5.35. The zero-order valence-corrected chi connectivity index (χ0v) is 8.49. The Balaban J connectivity index is 2.81. The summed E-state index contributed by atoms with van der Waals surface area (Å²) in [5.74, 6) is 0. The molecule has 0 aliphatic rings. The van der Waals surface area contributed by atoms with Crippen molar-refractivity contribution in [3.8, 4) is 0 Å². The van der Waals surface area contributed by atoms with E-state index in [0.717, 1.165) is 5.56 Å². The quantitative estimate of drug-likeness (QED) is 0.749. The summed E-state index contributed by atoms with van der Waals surface area (Å²) >= 11 is 0. The Morgan fingerprint density at radius 3 is 2.69 bits per heavy atom. The summed E-state index contributed by atoms with van der Waals surface area (Å²) in [6.45, 7) is 6.93. The van der Waals surface area contributed by atoms with Crippen molar-refractivity contribution in [2.75, 3.05) is 6.54 Å². The third-order valence-corrected chi connectivity index (χ3v) is 1.74. The maximum atomic E-state index is 5.35. The van der Waals surface area contributed by atoms with E-state index in [4.69, 9.17) is 5.73 Å². The molecule has 0 fully saturated rings. The molecule has 0 unspecified atom stereocenters. The van der Waals surface area contributed by atoms with E-state index in [1.165, 1.54) is 0 Å². The molecule has 3 heteroatoms. The van der Waals surface area contributed by atoms with Crippen LogP contribution in [0.2, 0.25) is 0 Å². The molecule has 0 aliphatic carbocycles. The fourth-order valence-corrected chi connectivity index (χ4v) is 0.994. The predicted molar refractivity (Wildman–Crippen MR) is 55.3 cm³/mol. The molecule has 0 bridgehead atoms. The minimum absolute atomic E-state index is 0.0504. The number of rotatable bonds is 2. The van der Waals surface area contributed by atoms with Crippen LogP contribution in [0.15, 0.2) is 18.5 Å². The van der Waals surface area contributed by atoms with Gasteiger partial charge in [0.25, 0.3) is 0 Å². The molecule has 0 aromatic carbocycles. The highest BCUT2D eigenvalue weighted by atomic mass is 15.3. The Hall–Kier alpha value is -1.09. The Bertz CT molecular complexity index is 291. The van der Waals surface area contributed by atoms with E-state index >= 15 is 0 Å². The average molecular weight is 179 g/mol. The number of nitrogens with two attached hydrogens (primary N) is 1. The van der Waals surface area contributed by atoms with Crippen molar-refractivity contribution < 1.29 is 0 Å². The molecule has 13 heavy (non-hydrogen) atoms. The molecule has 1 aromatic rings. The van der Waals surface area contributed by atoms with Crippen molar-refractivity contribution in [3.63, 3.8) is 0 Å². The van der Waals surface area contributed by atoms with Gasteiger partial charge in [0.2, 0.25) is 0 Å². The van der Waals surface area contributed by atoms with Crippen LogP contribution < -0.4 is 5.73 Å². The van der Waals surface area contributed by atoms with Crippen LogP contribution in [0.25, 0.3) is 6.08 Å². The van der Waals surface area contributed by atoms with Crippen molar-refractivity contribution >= 4 is 6.08 Å². The highest BCUT2D eigenvalue weighted by molar-refractivity contribution is 5.46. The van der Waals surface area contributed by atoms with E-state index in [1.54, 1.807) is 0 Å². The average Bonchev–Trinajstić information content (AvgIpc) is 2.47. The second-order valence-electron chi connectivity index (χ2n) is 4.03. The van der Waals surface area contributed by atoms with Gasteiger partial charge in [-0.2, -0.15) is 5.10 Å². The lowest BCUT2D eigenvalue weighted by Crippen LogP contribution is -2.21. The summed E-state index contributed by atoms with van der Waals surface area (Å²) in [5.41, 5.74) is 6.50. The summed E-state index contributed by atoms with van der Waals surface area (Å²) in [6.07, 6.45) is 7.77. The summed E-state index contributed by atoms with van der Waals surface area (Å²) < 4.78 is 1.95. The Kier molecular flexibility index (Phi) is 2.88. The van der Waals surface area contributed by atoms with Gasteiger partial charge in [-0.1, -0.05) is 12.2 Å². The van der Waals surface area contributed by atoms with Crippen LogP contribution in [0.3, 0.4) is 0 Å². The Morgan fingerprint density at radius 2 is 2.23 bits per heavy atom. The second-order valence-corrected chi connectivity index (χ2v) is 4.03. The lowest BCUT2D eigenvalue weighted by molar-refractivity contribution is 0.355. The molecule has 0 aliphatic heterocycles. The van der Waals surface area contributed by atoms with Crippen LogP contribution in [0.1, 0.15) is 26.3 Å². The third-order valence-electron chi connectivity index (χ3n) is 1.74. The van der Waals surface area contributed by atoms with Crippen molar-refractivity contribution in [2.24, 2.45) is 5.73 Å². The molecular weight excluding hydrogens is 162 g/mol. The van der Waals surface area contributed by atoms with Gasteiger partial charge in [-0.05, 0) is 20.8 Å². The first-order valence-electron chi connectivity index (χ1n) is 4.46. The van der Waals surface area contributed by atoms with Gasteiger partial charge in [-0.15, -0.1) is 0 Å². The standard InChI is InChI=1S/C10H17N3/c1-10(2,3)13-8-9(7-12-13)5-4-6-11/h4-5,7-8H,6,11H2,1-3H3/b5-4+. The molecule has 1 aromatic heterocycles. The highest BCUT2D eigenvalue weighted by Crippen LogP contribution is 2.13. The lowest BCUT2D eigenvalue weighted by Gasteiger charge is -2.18. The van der Waals surface area contributed by atoms with Crippen molar-refractivity contribution in [1.82, 2.24) is 9.78 Å². The first-order valence-corrected chi connectivity index (χ1v) is 4.46. The van der Waals surface area contributed by atoms with E-state index in [1.807, 2.05) is 29.2 Å². The largest absolute Gasteiger partial charge is 0.327 e. The monoisotopic (exact) mass is 179 g/mol. The number of nitrogens with zero attached hydrogens (tertiary/aromatic N) is 2. The Morgan fingerprint density at radius 1 is 1.54 bits per heavy atom. The molecule has 72 valence electrons. The normalized spacial score (nSPS) is 12.6. The number of hydrogen-bond acceptors (Lipinski definition) is 2. The smallest absolute Gasteiger partial charge is 0.0562 e. The van der Waals surface area contributed by atoms with Crippen LogP contribution in [0.5, 0.6) is 0 Å². The zero-order valence-electron chi connectivity index (χ0n) is 8.49. The highest BCUT2D eigenvalue weighted by Gasteiger charge is 2.12. The molecular formula is C10H17N3. The van der Waals surface area contributed by atoms with Gasteiger partial charge >= 0.3 is 0 Å². The van der Waals surface area contributed by atoms with Crippen LogP contribution >= 0.6 is 0 Å². The van der Waals surface area contributed by atoms with Crippen molar-refractivity contribution in [2.45, 2.75) is 26.3 Å². The van der Waals surface area contributed by atoms with E-state index in [2.05, 4.69) is 25.9 Å². The predicted octanol–water partition coefficient (Wildman–Crippen LogP) is 1.61. The summed E-state index contributed by atoms with van der Waals surface area (Å²) in [4.78, 5) is 0. The summed E-state index contributed by atoms with van der Waals surface area (Å²) in [5, 5.41) is 4.26. The Labute approximate surface area is 79.2 Å². The van der Waals surface area contributed by atoms with E-state index in [9.17, 15) is 0 Å². The van der Waals surface area contributed by atoms with Gasteiger partial charge in [0, 0.05) is 18.3 Å². The number of hydrogen-bond donors (Lipinski definition) is 1. The van der Waals surface area contributed by atoms with E-state index in [-0.39, 0.29) is 5.54 Å². The van der Waals surface area contributed by atoms with Gasteiger partial charge in [0.1, 0.15) is 0 Å². The minimum Gasteiger partial charge on any atom is -0.327 e. The van der Waals surface area contributed by atoms with Crippen molar-refractivity contribution in [3.05, 3.63) is 24.0 Å². The SMILES string of the molecule is CC(C)(C)n1cc(/C=C/CN)cn1. The first-order chi connectivity index (χ1) is 6.04. The summed E-state index contributed by atoms with van der Waals surface area (Å²) in [6, 6.07) is 0. The van der Waals surface area contributed by atoms with Crippen LogP contribution in [0, 0.1) is 0 Å². The van der Waals surface area contributed by atoms with Crippen LogP contribution in [0.4, 0.5) is 0 Å². The third kappa shape index (κ3) is 2.70. The molecule has 0 atom stereocenters. The molecule has 1 heterocycles. The molecule has 0 spiro atoms. The van der Waals surface area contributed by atoms with E-state index < -0.39 is 0 Å². The van der Waals surface area contributed by atoms with Gasteiger partial charge in [0.15, 0.2) is 0 Å². The van der Waals surface area contributed by atoms with Gasteiger partial charge in [-0.25, -0.2) is 0 Å². The molecule has 0 amide bonds. The maximum Gasteiger partial charge on any atom is 0.0562 e. The second kappa shape index (κ2) is 3.75. The van der Waals surface area contributed by atoms with Gasteiger partial charge in [-0.3, -0.25) is 4.68 Å². The summed E-state index contributed by atoms with van der Waals surface area (Å²) in [7, 11) is 0. The molecule has 0 radical (unpaired) electrons. The molecule has 0 saturated carbocycles. The van der Waals surface area contributed by atoms with Gasteiger partial charge < -0.3 is 5.73 Å². The number of aromatic nitrogens is 2. The topological polar surface area (TPSA) is 43.8 Å². The minimum atomic E-state index is 0.0504. The van der Waals surface area contributed by atoms with E-state index in [0.29, 0.717) is 6.54 Å². The van der Waals surface area contributed by atoms with Gasteiger partial charge in [0.05, 0.1) is 11.7 Å². The first kappa shape index (κ1) is 9.99. The molecule has 0 saturated heterocycles. The molecule has 2 N–H and O–H groups in total. The van der Waals surface area contributed by atoms with Crippen molar-refractivity contribution in [1.29, 1.82) is 0 Å². The zero-order chi connectivity index (χ0) is 9.90. The fourth-order valence-electron chi connectivity index (χ4n) is 0.994. The van der Waals surface area contributed by atoms with Crippen LogP contribution in [-0.2, 0) is 5.54 Å². The fraction of sp³-hybridized carbons (Fsp3) is 0.500. The molecule has 3 nitrogen and oxygen atoms in total. The lowest BCUT2D eigenvalue weighted by atomic mass is 10.1.